The predicted octanol–water partition coefficient (Wildman–Crippen LogP) is 6.04. The highest BCUT2D eigenvalue weighted by Gasteiger charge is 2.22. The Balaban J connectivity index is 1.42. The monoisotopic (exact) mass is 517 g/mol. The summed E-state index contributed by atoms with van der Waals surface area (Å²) in [5.41, 5.74) is 2.39. The smallest absolute Gasteiger partial charge is 0.225 e. The Morgan fingerprint density at radius 3 is 2.75 bits per heavy atom. The number of nitrogens with one attached hydrogen (secondary N) is 1. The van der Waals surface area contributed by atoms with Gasteiger partial charge in [0.2, 0.25) is 5.91 Å². The van der Waals surface area contributed by atoms with Gasteiger partial charge >= 0.3 is 0 Å². The molecule has 6 nitrogen and oxygen atoms in total. The van der Waals surface area contributed by atoms with Crippen LogP contribution in [0.25, 0.3) is 16.9 Å². The summed E-state index contributed by atoms with van der Waals surface area (Å²) in [6.07, 6.45) is 9.54. The molecule has 8 heteroatoms. The molecule has 3 aromatic rings. The molecular formula is C24H29BrClN5O. The molecule has 1 aliphatic carbocycles. The largest absolute Gasteiger partial charge is 0.370 e. The lowest BCUT2D eigenvalue weighted by Crippen LogP contribution is -2.34. The molecule has 1 aliphatic rings. The Labute approximate surface area is 202 Å². The van der Waals surface area contributed by atoms with Gasteiger partial charge in [0.15, 0.2) is 5.65 Å². The maximum Gasteiger partial charge on any atom is 0.225 e. The van der Waals surface area contributed by atoms with Crippen molar-refractivity contribution in [3.05, 3.63) is 46.0 Å². The van der Waals surface area contributed by atoms with Crippen LogP contribution in [0.4, 0.5) is 5.82 Å². The molecule has 1 fully saturated rings. The highest BCUT2D eigenvalue weighted by Crippen LogP contribution is 2.30. The quantitative estimate of drug-likeness (QED) is 0.306. The number of halogens is 2. The molecule has 1 aromatic carbocycles. The normalized spacial score (nSPS) is 15.0. The summed E-state index contributed by atoms with van der Waals surface area (Å²) in [5.74, 6) is 1.35. The zero-order chi connectivity index (χ0) is 22.5. The summed E-state index contributed by atoms with van der Waals surface area (Å²) in [6, 6.07) is 9.65. The van der Waals surface area contributed by atoms with Crippen molar-refractivity contribution in [2.45, 2.75) is 44.9 Å². The number of carbonyl (C=O) groups excluding carboxylic acids is 1. The second-order valence-corrected chi connectivity index (χ2v) is 9.72. The standard InChI is InChI=1S/C24H29BrClN5O/c1-30(24(32)17-9-4-2-3-5-10-17)14-8-13-27-22-15-21(18-11-6-7-12-20(18)26)29-23-19(25)16-28-31(22)23/h6-7,11-12,15-17,27H,2-5,8-10,13-14H2,1H3. The Morgan fingerprint density at radius 1 is 1.25 bits per heavy atom. The number of hydrogen-bond donors (Lipinski definition) is 1. The van der Waals surface area contributed by atoms with Crippen LogP contribution in [-0.2, 0) is 4.79 Å². The number of amides is 1. The van der Waals surface area contributed by atoms with E-state index in [1.54, 1.807) is 10.7 Å². The van der Waals surface area contributed by atoms with Gasteiger partial charge in [0, 0.05) is 42.7 Å². The average Bonchev–Trinajstić information content (AvgIpc) is 3.00. The SMILES string of the molecule is CN(CCCNc1cc(-c2ccccc2Cl)nc2c(Br)cnn12)C(=O)C1CCCCCC1. The molecule has 0 bridgehead atoms. The van der Waals surface area contributed by atoms with Gasteiger partial charge in [-0.1, -0.05) is 55.5 Å². The number of benzene rings is 1. The van der Waals surface area contributed by atoms with Crippen molar-refractivity contribution in [1.82, 2.24) is 19.5 Å². The molecule has 32 heavy (non-hydrogen) atoms. The van der Waals surface area contributed by atoms with E-state index in [-0.39, 0.29) is 5.92 Å². The second kappa shape index (κ2) is 10.7. The van der Waals surface area contributed by atoms with Crippen LogP contribution in [-0.4, -0.2) is 45.5 Å². The molecular weight excluding hydrogens is 490 g/mol. The first-order chi connectivity index (χ1) is 15.5. The number of fused-ring (bicyclic) bond motifs is 1. The summed E-state index contributed by atoms with van der Waals surface area (Å²) in [5, 5.41) is 8.56. The number of hydrogen-bond acceptors (Lipinski definition) is 4. The van der Waals surface area contributed by atoms with Gasteiger partial charge in [-0.3, -0.25) is 4.79 Å². The molecule has 0 aliphatic heterocycles. The maximum absolute atomic E-state index is 12.8. The van der Waals surface area contributed by atoms with Gasteiger partial charge in [-0.15, -0.1) is 0 Å². The predicted molar refractivity (Wildman–Crippen MR) is 133 cm³/mol. The van der Waals surface area contributed by atoms with Gasteiger partial charge in [-0.2, -0.15) is 9.61 Å². The lowest BCUT2D eigenvalue weighted by Gasteiger charge is -2.23. The van der Waals surface area contributed by atoms with Gasteiger partial charge in [0.1, 0.15) is 5.82 Å². The fraction of sp³-hybridized carbons (Fsp3) is 0.458. The van der Waals surface area contributed by atoms with Gasteiger partial charge in [-0.25, -0.2) is 4.98 Å². The third-order valence-electron chi connectivity index (χ3n) is 6.14. The van der Waals surface area contributed by atoms with E-state index in [0.717, 1.165) is 59.5 Å². The van der Waals surface area contributed by atoms with E-state index in [4.69, 9.17) is 16.6 Å². The van der Waals surface area contributed by atoms with E-state index in [2.05, 4.69) is 26.3 Å². The van der Waals surface area contributed by atoms with E-state index in [1.165, 1.54) is 25.7 Å². The second-order valence-electron chi connectivity index (χ2n) is 8.46. The molecule has 0 saturated heterocycles. The Morgan fingerprint density at radius 2 is 2.00 bits per heavy atom. The lowest BCUT2D eigenvalue weighted by atomic mass is 9.99. The van der Waals surface area contributed by atoms with E-state index >= 15 is 0 Å². The number of nitrogens with zero attached hydrogens (tertiary/aromatic N) is 4. The maximum atomic E-state index is 12.8. The van der Waals surface area contributed by atoms with Crippen LogP contribution in [0.1, 0.15) is 44.9 Å². The molecule has 1 saturated carbocycles. The van der Waals surface area contributed by atoms with Crippen molar-refractivity contribution >= 4 is 44.9 Å². The van der Waals surface area contributed by atoms with Crippen LogP contribution < -0.4 is 5.32 Å². The van der Waals surface area contributed by atoms with Gasteiger partial charge in [0.25, 0.3) is 0 Å². The molecule has 0 atom stereocenters. The summed E-state index contributed by atoms with van der Waals surface area (Å²) in [7, 11) is 1.93. The first-order valence-electron chi connectivity index (χ1n) is 11.3. The molecule has 4 rings (SSSR count). The van der Waals surface area contributed by atoms with Crippen molar-refractivity contribution in [2.75, 3.05) is 25.5 Å². The molecule has 0 spiro atoms. The van der Waals surface area contributed by atoms with E-state index in [0.29, 0.717) is 10.9 Å². The first kappa shape index (κ1) is 23.1. The average molecular weight is 519 g/mol. The van der Waals surface area contributed by atoms with Crippen LogP contribution in [0.5, 0.6) is 0 Å². The molecule has 170 valence electrons. The minimum atomic E-state index is 0.204. The minimum Gasteiger partial charge on any atom is -0.370 e. The number of carbonyl (C=O) groups is 1. The van der Waals surface area contributed by atoms with E-state index < -0.39 is 0 Å². The van der Waals surface area contributed by atoms with Gasteiger partial charge in [-0.05, 0) is 41.3 Å². The van der Waals surface area contributed by atoms with Crippen molar-refractivity contribution in [2.24, 2.45) is 5.92 Å². The van der Waals surface area contributed by atoms with Crippen LogP contribution in [0, 0.1) is 5.92 Å². The lowest BCUT2D eigenvalue weighted by molar-refractivity contribution is -0.134. The molecule has 0 radical (unpaired) electrons. The fourth-order valence-electron chi connectivity index (χ4n) is 4.35. The van der Waals surface area contributed by atoms with Crippen LogP contribution in [0.3, 0.4) is 0 Å². The van der Waals surface area contributed by atoms with E-state index in [9.17, 15) is 4.79 Å². The molecule has 2 heterocycles. The molecule has 2 aromatic heterocycles. The summed E-state index contributed by atoms with van der Waals surface area (Å²) < 4.78 is 2.60. The first-order valence-corrected chi connectivity index (χ1v) is 12.5. The Hall–Kier alpha value is -2.12. The number of rotatable bonds is 7. The minimum absolute atomic E-state index is 0.204. The van der Waals surface area contributed by atoms with Crippen molar-refractivity contribution in [1.29, 1.82) is 0 Å². The highest BCUT2D eigenvalue weighted by molar-refractivity contribution is 9.10. The molecule has 1 amide bonds. The van der Waals surface area contributed by atoms with Crippen LogP contribution >= 0.6 is 27.5 Å². The zero-order valence-corrected chi connectivity index (χ0v) is 20.7. The van der Waals surface area contributed by atoms with E-state index in [1.807, 2.05) is 42.3 Å². The number of aromatic nitrogens is 3. The zero-order valence-electron chi connectivity index (χ0n) is 18.4. The Kier molecular flexibility index (Phi) is 7.68. The summed E-state index contributed by atoms with van der Waals surface area (Å²) >= 11 is 9.95. The molecule has 0 unspecified atom stereocenters. The molecule has 1 N–H and O–H groups in total. The number of anilines is 1. The third kappa shape index (κ3) is 5.26. The summed E-state index contributed by atoms with van der Waals surface area (Å²) in [6.45, 7) is 1.46. The van der Waals surface area contributed by atoms with Crippen molar-refractivity contribution < 1.29 is 4.79 Å². The van der Waals surface area contributed by atoms with Crippen LogP contribution in [0.2, 0.25) is 5.02 Å². The van der Waals surface area contributed by atoms with Crippen molar-refractivity contribution in [3.8, 4) is 11.3 Å². The fourth-order valence-corrected chi connectivity index (χ4v) is 4.93. The van der Waals surface area contributed by atoms with Gasteiger partial charge in [0.05, 0.1) is 16.4 Å². The topological polar surface area (TPSA) is 62.5 Å². The highest BCUT2D eigenvalue weighted by atomic mass is 79.9. The van der Waals surface area contributed by atoms with Crippen LogP contribution in [0.15, 0.2) is 41.0 Å². The third-order valence-corrected chi connectivity index (χ3v) is 7.02. The van der Waals surface area contributed by atoms with Crippen molar-refractivity contribution in [3.63, 3.8) is 0 Å². The van der Waals surface area contributed by atoms with Gasteiger partial charge < -0.3 is 10.2 Å². The summed E-state index contributed by atoms with van der Waals surface area (Å²) in [4.78, 5) is 19.4. The Bertz CT molecular complexity index is 1080.